The van der Waals surface area contributed by atoms with Crippen LogP contribution in [0.4, 0.5) is 18.0 Å². The predicted molar refractivity (Wildman–Crippen MR) is 110 cm³/mol. The molecule has 2 aromatic carbocycles. The summed E-state index contributed by atoms with van der Waals surface area (Å²) in [5.41, 5.74) is -0.338. The lowest BCUT2D eigenvalue weighted by molar-refractivity contribution is -0.134. The van der Waals surface area contributed by atoms with Crippen LogP contribution in [0.3, 0.4) is 0 Å². The molecular formula is C22H22F3N3O5. The molecule has 0 bridgehead atoms. The van der Waals surface area contributed by atoms with Gasteiger partial charge in [-0.15, -0.1) is 0 Å². The van der Waals surface area contributed by atoms with Gasteiger partial charge in [0.2, 0.25) is 5.91 Å². The highest BCUT2D eigenvalue weighted by molar-refractivity contribution is 6.09. The number of imide groups is 1. The maximum atomic E-state index is 13.2. The van der Waals surface area contributed by atoms with Gasteiger partial charge in [-0.1, -0.05) is 18.2 Å². The highest BCUT2D eigenvalue weighted by Crippen LogP contribution is 2.30. The van der Waals surface area contributed by atoms with Gasteiger partial charge >= 0.3 is 12.6 Å². The molecule has 0 radical (unpaired) electrons. The van der Waals surface area contributed by atoms with Crippen molar-refractivity contribution in [1.29, 1.82) is 0 Å². The van der Waals surface area contributed by atoms with Crippen LogP contribution in [0.25, 0.3) is 0 Å². The molecule has 1 heterocycles. The van der Waals surface area contributed by atoms with Crippen LogP contribution >= 0.6 is 0 Å². The van der Waals surface area contributed by atoms with E-state index in [1.54, 1.807) is 6.07 Å². The molecule has 1 aliphatic heterocycles. The van der Waals surface area contributed by atoms with Crippen LogP contribution < -0.4 is 20.1 Å². The van der Waals surface area contributed by atoms with E-state index in [1.807, 2.05) is 0 Å². The molecule has 0 aromatic heterocycles. The number of hydrogen-bond acceptors (Lipinski definition) is 5. The SMILES string of the molecule is COc1cc(CCNC(=O)CN2C(=O)N[C@@](C)(c3ccc(F)cc3)C2=O)ccc1OC(F)F. The predicted octanol–water partition coefficient (Wildman–Crippen LogP) is 2.56. The third-order valence-corrected chi connectivity index (χ3v) is 5.18. The van der Waals surface area contributed by atoms with Crippen LogP contribution in [0.1, 0.15) is 18.1 Å². The number of hydrogen-bond donors (Lipinski definition) is 2. The van der Waals surface area contributed by atoms with Crippen LogP contribution in [0.5, 0.6) is 11.5 Å². The minimum Gasteiger partial charge on any atom is -0.493 e. The number of urea groups is 1. The first-order valence-electron chi connectivity index (χ1n) is 9.92. The largest absolute Gasteiger partial charge is 0.493 e. The summed E-state index contributed by atoms with van der Waals surface area (Å²) in [4.78, 5) is 38.2. The molecule has 3 rings (SSSR count). The number of nitrogens with one attached hydrogen (secondary N) is 2. The van der Waals surface area contributed by atoms with Gasteiger partial charge in [-0.05, 0) is 48.7 Å². The lowest BCUT2D eigenvalue weighted by atomic mass is 9.92. The lowest BCUT2D eigenvalue weighted by Gasteiger charge is -2.22. The average molecular weight is 465 g/mol. The Bertz CT molecular complexity index is 1050. The third-order valence-electron chi connectivity index (χ3n) is 5.18. The Hall–Kier alpha value is -3.76. The van der Waals surface area contributed by atoms with E-state index in [0.29, 0.717) is 17.5 Å². The normalized spacial score (nSPS) is 17.8. The van der Waals surface area contributed by atoms with E-state index in [4.69, 9.17) is 4.74 Å². The molecule has 1 aliphatic rings. The Morgan fingerprint density at radius 2 is 1.85 bits per heavy atom. The van der Waals surface area contributed by atoms with Crippen LogP contribution in [0.15, 0.2) is 42.5 Å². The van der Waals surface area contributed by atoms with Crippen molar-refractivity contribution < 1.29 is 37.0 Å². The molecule has 0 aliphatic carbocycles. The molecule has 0 saturated carbocycles. The van der Waals surface area contributed by atoms with E-state index in [-0.39, 0.29) is 18.0 Å². The molecule has 0 spiro atoms. The van der Waals surface area contributed by atoms with Crippen molar-refractivity contribution in [3.63, 3.8) is 0 Å². The van der Waals surface area contributed by atoms with E-state index >= 15 is 0 Å². The number of alkyl halides is 2. The summed E-state index contributed by atoms with van der Waals surface area (Å²) in [6, 6.07) is 8.80. The van der Waals surface area contributed by atoms with Crippen molar-refractivity contribution >= 4 is 17.8 Å². The smallest absolute Gasteiger partial charge is 0.387 e. The van der Waals surface area contributed by atoms with Gasteiger partial charge in [0.25, 0.3) is 5.91 Å². The van der Waals surface area contributed by atoms with Crippen molar-refractivity contribution in [3.8, 4) is 11.5 Å². The number of halogens is 3. The number of ether oxygens (including phenoxy) is 2. The highest BCUT2D eigenvalue weighted by Gasteiger charge is 2.49. The molecule has 4 amide bonds. The number of methoxy groups -OCH3 is 1. The van der Waals surface area contributed by atoms with Gasteiger partial charge in [0.05, 0.1) is 7.11 Å². The second-order valence-electron chi connectivity index (χ2n) is 7.42. The number of nitrogens with zero attached hydrogens (tertiary/aromatic N) is 1. The van der Waals surface area contributed by atoms with Gasteiger partial charge in [-0.3, -0.25) is 14.5 Å². The Balaban J connectivity index is 1.56. The Morgan fingerprint density at radius 3 is 2.48 bits per heavy atom. The van der Waals surface area contributed by atoms with Gasteiger partial charge in [0.1, 0.15) is 17.9 Å². The quantitative estimate of drug-likeness (QED) is 0.555. The first kappa shape index (κ1) is 23.9. The first-order valence-corrected chi connectivity index (χ1v) is 9.92. The van der Waals surface area contributed by atoms with Gasteiger partial charge in [0.15, 0.2) is 11.5 Å². The summed E-state index contributed by atoms with van der Waals surface area (Å²) < 4.78 is 47.4. The van der Waals surface area contributed by atoms with Crippen molar-refractivity contribution in [2.45, 2.75) is 25.5 Å². The fourth-order valence-electron chi connectivity index (χ4n) is 3.43. The molecule has 2 aromatic rings. The molecular weight excluding hydrogens is 443 g/mol. The topological polar surface area (TPSA) is 97.0 Å². The molecule has 176 valence electrons. The van der Waals surface area contributed by atoms with Gasteiger partial charge in [-0.2, -0.15) is 8.78 Å². The molecule has 1 fully saturated rings. The molecule has 1 saturated heterocycles. The summed E-state index contributed by atoms with van der Waals surface area (Å²) in [5.74, 6) is -1.66. The number of amides is 4. The van der Waals surface area contributed by atoms with E-state index in [0.717, 1.165) is 4.90 Å². The molecule has 11 heteroatoms. The molecule has 8 nitrogen and oxygen atoms in total. The van der Waals surface area contributed by atoms with Gasteiger partial charge < -0.3 is 20.1 Å². The maximum absolute atomic E-state index is 13.2. The standard InChI is InChI=1S/C22H22F3N3O5/c1-22(14-4-6-15(23)7-5-14)19(30)28(21(31)27-22)12-18(29)26-10-9-13-3-8-16(33-20(24)25)17(11-13)32-2/h3-8,11,20H,9-10,12H2,1-2H3,(H,26,29)(H,27,31)/t22-/m0/s1. The second-order valence-corrected chi connectivity index (χ2v) is 7.42. The summed E-state index contributed by atoms with van der Waals surface area (Å²) in [5, 5.41) is 5.14. The van der Waals surface area contributed by atoms with E-state index in [9.17, 15) is 27.6 Å². The lowest BCUT2D eigenvalue weighted by Crippen LogP contribution is -2.43. The number of carbonyl (C=O) groups excluding carboxylic acids is 3. The number of benzene rings is 2. The third kappa shape index (κ3) is 5.36. The summed E-state index contributed by atoms with van der Waals surface area (Å²) in [6.45, 7) is -1.84. The Kier molecular flexibility index (Phi) is 7.10. The zero-order valence-corrected chi connectivity index (χ0v) is 17.9. The highest BCUT2D eigenvalue weighted by atomic mass is 19.3. The fraction of sp³-hybridized carbons (Fsp3) is 0.318. The summed E-state index contributed by atoms with van der Waals surface area (Å²) >= 11 is 0. The number of carbonyl (C=O) groups is 3. The van der Waals surface area contributed by atoms with Crippen LogP contribution in [-0.4, -0.2) is 49.6 Å². The first-order chi connectivity index (χ1) is 15.6. The second kappa shape index (κ2) is 9.80. The number of rotatable bonds is 9. The Morgan fingerprint density at radius 1 is 1.15 bits per heavy atom. The van der Waals surface area contributed by atoms with Crippen LogP contribution in [0.2, 0.25) is 0 Å². The van der Waals surface area contributed by atoms with Crippen molar-refractivity contribution in [2.24, 2.45) is 0 Å². The molecule has 2 N–H and O–H groups in total. The zero-order chi connectivity index (χ0) is 24.2. The van der Waals surface area contributed by atoms with E-state index < -0.39 is 42.4 Å². The van der Waals surface area contributed by atoms with Gasteiger partial charge in [0, 0.05) is 6.54 Å². The molecule has 0 unspecified atom stereocenters. The average Bonchev–Trinajstić information content (AvgIpc) is 2.98. The van der Waals surface area contributed by atoms with Crippen LogP contribution in [-0.2, 0) is 21.5 Å². The minimum absolute atomic E-state index is 0.108. The van der Waals surface area contributed by atoms with Gasteiger partial charge in [-0.25, -0.2) is 9.18 Å². The molecule has 1 atom stereocenters. The Labute approximate surface area is 187 Å². The maximum Gasteiger partial charge on any atom is 0.387 e. The van der Waals surface area contributed by atoms with E-state index in [2.05, 4.69) is 15.4 Å². The van der Waals surface area contributed by atoms with Crippen molar-refractivity contribution in [1.82, 2.24) is 15.5 Å². The zero-order valence-electron chi connectivity index (χ0n) is 17.9. The molecule has 33 heavy (non-hydrogen) atoms. The minimum atomic E-state index is -2.99. The van der Waals surface area contributed by atoms with Crippen molar-refractivity contribution in [3.05, 3.63) is 59.4 Å². The van der Waals surface area contributed by atoms with Crippen molar-refractivity contribution in [2.75, 3.05) is 20.2 Å². The summed E-state index contributed by atoms with van der Waals surface area (Å²) in [6.07, 6.45) is 0.338. The van der Waals surface area contributed by atoms with Crippen LogP contribution in [0, 0.1) is 5.82 Å². The monoisotopic (exact) mass is 465 g/mol. The van der Waals surface area contributed by atoms with E-state index in [1.165, 1.54) is 50.4 Å². The summed E-state index contributed by atoms with van der Waals surface area (Å²) in [7, 11) is 1.32. The fourth-order valence-corrected chi connectivity index (χ4v) is 3.43.